The molecule has 0 saturated carbocycles. The first kappa shape index (κ1) is 18.6. The van der Waals surface area contributed by atoms with Gasteiger partial charge in [0, 0.05) is 53.7 Å². The van der Waals surface area contributed by atoms with Gasteiger partial charge in [0.05, 0.1) is 0 Å². The lowest BCUT2D eigenvalue weighted by molar-refractivity contribution is 0.0664. The quantitative estimate of drug-likeness (QED) is 0.871. The Morgan fingerprint density at radius 1 is 1.04 bits per heavy atom. The summed E-state index contributed by atoms with van der Waals surface area (Å²) in [5, 5.41) is 3.52. The number of anilines is 1. The number of carbonyl (C=O) groups is 2. The first-order valence-corrected chi connectivity index (χ1v) is 8.89. The second-order valence-corrected chi connectivity index (χ2v) is 7.01. The van der Waals surface area contributed by atoms with Gasteiger partial charge >= 0.3 is 0 Å². The molecule has 26 heavy (non-hydrogen) atoms. The van der Waals surface area contributed by atoms with Crippen molar-refractivity contribution in [3.63, 3.8) is 0 Å². The number of hydrogen-bond acceptors (Lipinski definition) is 4. The van der Waals surface area contributed by atoms with Crippen molar-refractivity contribution in [3.05, 3.63) is 57.8 Å². The van der Waals surface area contributed by atoms with Gasteiger partial charge in [0.15, 0.2) is 0 Å². The molecule has 0 unspecified atom stereocenters. The minimum Gasteiger partial charge on any atom is -0.336 e. The molecule has 2 amide bonds. The van der Waals surface area contributed by atoms with Gasteiger partial charge < -0.3 is 15.1 Å². The van der Waals surface area contributed by atoms with Gasteiger partial charge in [-0.05, 0) is 37.4 Å². The second kappa shape index (κ2) is 8.03. The highest BCUT2D eigenvalue weighted by atomic mass is 35.5. The Kier molecular flexibility index (Phi) is 5.76. The lowest BCUT2D eigenvalue weighted by atomic mass is 10.1. The summed E-state index contributed by atoms with van der Waals surface area (Å²) in [5.41, 5.74) is 1.06. The molecule has 1 aliphatic rings. The van der Waals surface area contributed by atoms with Crippen LogP contribution < -0.4 is 5.32 Å². The number of piperazine rings is 1. The van der Waals surface area contributed by atoms with Crippen molar-refractivity contribution >= 4 is 40.7 Å². The first-order chi connectivity index (χ1) is 12.4. The van der Waals surface area contributed by atoms with Crippen LogP contribution in [0.15, 0.2) is 36.5 Å². The zero-order chi connectivity index (χ0) is 18.7. The van der Waals surface area contributed by atoms with Gasteiger partial charge in [-0.3, -0.25) is 14.6 Å². The van der Waals surface area contributed by atoms with Gasteiger partial charge in [-0.1, -0.05) is 23.2 Å². The normalized spacial score (nSPS) is 15.0. The number of benzene rings is 1. The smallest absolute Gasteiger partial charge is 0.274 e. The molecule has 3 rings (SSSR count). The number of amides is 2. The molecule has 1 fully saturated rings. The predicted molar refractivity (Wildman–Crippen MR) is 102 cm³/mol. The molecule has 1 aromatic heterocycles. The first-order valence-electron chi connectivity index (χ1n) is 8.14. The average Bonchev–Trinajstić information content (AvgIpc) is 2.61. The van der Waals surface area contributed by atoms with Gasteiger partial charge in [-0.2, -0.15) is 0 Å². The summed E-state index contributed by atoms with van der Waals surface area (Å²) >= 11 is 11.9. The third-order valence-electron chi connectivity index (χ3n) is 4.15. The van der Waals surface area contributed by atoms with Crippen LogP contribution in [0.3, 0.4) is 0 Å². The number of halogens is 2. The molecule has 2 aromatic rings. The third-order valence-corrected chi connectivity index (χ3v) is 4.59. The van der Waals surface area contributed by atoms with E-state index in [9.17, 15) is 9.59 Å². The van der Waals surface area contributed by atoms with Gasteiger partial charge in [-0.25, -0.2) is 0 Å². The number of aromatic nitrogens is 1. The summed E-state index contributed by atoms with van der Waals surface area (Å²) in [6.45, 7) is 3.00. The van der Waals surface area contributed by atoms with Crippen LogP contribution in [-0.2, 0) is 0 Å². The molecule has 6 nitrogen and oxygen atoms in total. The van der Waals surface area contributed by atoms with Crippen LogP contribution in [-0.4, -0.2) is 59.8 Å². The van der Waals surface area contributed by atoms with Gasteiger partial charge in [0.2, 0.25) is 0 Å². The molecule has 1 aliphatic heterocycles. The molecule has 0 bridgehead atoms. The molecular weight excluding hydrogens is 375 g/mol. The lowest BCUT2D eigenvalue weighted by Gasteiger charge is -2.32. The van der Waals surface area contributed by atoms with E-state index in [0.29, 0.717) is 34.4 Å². The number of likely N-dealkylation sites (N-methyl/N-ethyl adjacent to an activating group) is 1. The predicted octanol–water partition coefficient (Wildman–Crippen LogP) is 3.03. The van der Waals surface area contributed by atoms with Crippen LogP contribution in [0.2, 0.25) is 10.0 Å². The zero-order valence-corrected chi connectivity index (χ0v) is 15.7. The van der Waals surface area contributed by atoms with Crippen molar-refractivity contribution in [2.75, 3.05) is 38.5 Å². The van der Waals surface area contributed by atoms with Crippen LogP contribution in [0.25, 0.3) is 0 Å². The van der Waals surface area contributed by atoms with Crippen LogP contribution in [0.5, 0.6) is 0 Å². The molecule has 1 N–H and O–H groups in total. The highest BCUT2D eigenvalue weighted by Gasteiger charge is 2.21. The van der Waals surface area contributed by atoms with Crippen LogP contribution >= 0.6 is 23.2 Å². The summed E-state index contributed by atoms with van der Waals surface area (Å²) in [4.78, 5) is 33.1. The van der Waals surface area contributed by atoms with Crippen molar-refractivity contribution in [2.24, 2.45) is 0 Å². The monoisotopic (exact) mass is 392 g/mol. The Morgan fingerprint density at radius 2 is 1.69 bits per heavy atom. The number of pyridine rings is 1. The van der Waals surface area contributed by atoms with Crippen LogP contribution in [0, 0.1) is 0 Å². The lowest BCUT2D eigenvalue weighted by Crippen LogP contribution is -2.47. The molecular formula is C18H18Cl2N4O2. The fraction of sp³-hybridized carbons (Fsp3) is 0.278. The fourth-order valence-corrected chi connectivity index (χ4v) is 3.23. The molecule has 8 heteroatoms. The van der Waals surface area contributed by atoms with Crippen molar-refractivity contribution in [3.8, 4) is 0 Å². The van der Waals surface area contributed by atoms with E-state index in [-0.39, 0.29) is 11.6 Å². The summed E-state index contributed by atoms with van der Waals surface area (Å²) in [6.07, 6.45) is 1.46. The van der Waals surface area contributed by atoms with E-state index >= 15 is 0 Å². The topological polar surface area (TPSA) is 65.5 Å². The molecule has 0 aliphatic carbocycles. The minimum absolute atomic E-state index is 0.0969. The number of nitrogens with zero attached hydrogens (tertiary/aromatic N) is 3. The molecule has 0 spiro atoms. The molecule has 136 valence electrons. The summed E-state index contributed by atoms with van der Waals surface area (Å²) in [5.74, 6) is -0.531. The fourth-order valence-electron chi connectivity index (χ4n) is 2.70. The second-order valence-electron chi connectivity index (χ2n) is 6.14. The van der Waals surface area contributed by atoms with Crippen molar-refractivity contribution < 1.29 is 9.59 Å². The number of carbonyl (C=O) groups excluding carboxylic acids is 2. The van der Waals surface area contributed by atoms with E-state index in [2.05, 4.69) is 15.2 Å². The van der Waals surface area contributed by atoms with E-state index < -0.39 is 5.91 Å². The largest absolute Gasteiger partial charge is 0.336 e. The van der Waals surface area contributed by atoms with Gasteiger partial charge in [0.25, 0.3) is 11.8 Å². The van der Waals surface area contributed by atoms with Crippen LogP contribution in [0.1, 0.15) is 20.8 Å². The van der Waals surface area contributed by atoms with E-state index in [1.54, 1.807) is 29.2 Å². The zero-order valence-electron chi connectivity index (χ0n) is 14.2. The Bertz CT molecular complexity index is 815. The van der Waals surface area contributed by atoms with E-state index in [1.165, 1.54) is 12.3 Å². The van der Waals surface area contributed by atoms with Crippen molar-refractivity contribution in [2.45, 2.75) is 0 Å². The Labute approximate surface area is 161 Å². The highest BCUT2D eigenvalue weighted by molar-refractivity contribution is 6.35. The standard InChI is InChI=1S/C18H18Cl2N4O2/c1-23-4-6-24(7-5-23)18(26)12-2-3-21-16(8-12)17(25)22-15-10-13(19)9-14(20)11-15/h2-3,8-11H,4-7H2,1H3,(H,22,25). The van der Waals surface area contributed by atoms with E-state index in [4.69, 9.17) is 23.2 Å². The maximum atomic E-state index is 12.6. The Morgan fingerprint density at radius 3 is 2.35 bits per heavy atom. The molecule has 1 aromatic carbocycles. The summed E-state index contributed by atoms with van der Waals surface area (Å²) in [6, 6.07) is 7.87. The van der Waals surface area contributed by atoms with Crippen molar-refractivity contribution in [1.29, 1.82) is 0 Å². The van der Waals surface area contributed by atoms with Crippen molar-refractivity contribution in [1.82, 2.24) is 14.8 Å². The number of nitrogens with one attached hydrogen (secondary N) is 1. The molecule has 0 atom stereocenters. The van der Waals surface area contributed by atoms with Gasteiger partial charge in [0.1, 0.15) is 5.69 Å². The molecule has 2 heterocycles. The average molecular weight is 393 g/mol. The summed E-state index contributed by atoms with van der Waals surface area (Å²) < 4.78 is 0. The number of rotatable bonds is 3. The Hall–Kier alpha value is -2.15. The van der Waals surface area contributed by atoms with Crippen LogP contribution in [0.4, 0.5) is 5.69 Å². The highest BCUT2D eigenvalue weighted by Crippen LogP contribution is 2.23. The molecule has 1 saturated heterocycles. The van der Waals surface area contributed by atoms with E-state index in [1.807, 2.05) is 7.05 Å². The maximum Gasteiger partial charge on any atom is 0.274 e. The van der Waals surface area contributed by atoms with Gasteiger partial charge in [-0.15, -0.1) is 0 Å². The maximum absolute atomic E-state index is 12.6. The minimum atomic E-state index is -0.434. The van der Waals surface area contributed by atoms with E-state index in [0.717, 1.165) is 13.1 Å². The third kappa shape index (κ3) is 4.52. The SMILES string of the molecule is CN1CCN(C(=O)c2ccnc(C(=O)Nc3cc(Cl)cc(Cl)c3)c2)CC1. The molecule has 0 radical (unpaired) electrons. The Balaban J connectivity index is 1.74. The summed E-state index contributed by atoms with van der Waals surface area (Å²) in [7, 11) is 2.03. The number of hydrogen-bond donors (Lipinski definition) is 1.